The van der Waals surface area contributed by atoms with Crippen molar-refractivity contribution in [3.05, 3.63) is 65.2 Å². The van der Waals surface area contributed by atoms with Crippen molar-refractivity contribution >= 4 is 17.5 Å². The second-order valence-electron chi connectivity index (χ2n) is 6.58. The fourth-order valence-electron chi connectivity index (χ4n) is 3.10. The van der Waals surface area contributed by atoms with E-state index in [1.54, 1.807) is 17.0 Å². The van der Waals surface area contributed by atoms with Crippen molar-refractivity contribution in [2.45, 2.75) is 25.4 Å². The van der Waals surface area contributed by atoms with Crippen LogP contribution in [0, 0.1) is 11.8 Å². The second-order valence-corrected chi connectivity index (χ2v) is 6.58. The molecule has 0 unspecified atom stereocenters. The van der Waals surface area contributed by atoms with Gasteiger partial charge < -0.3 is 10.2 Å². The van der Waals surface area contributed by atoms with E-state index in [1.807, 2.05) is 12.1 Å². The molecule has 150 valence electrons. The van der Waals surface area contributed by atoms with Gasteiger partial charge in [0.25, 0.3) is 5.91 Å². The lowest BCUT2D eigenvalue weighted by Gasteiger charge is -2.26. The number of carbonyl (C=O) groups is 2. The number of amides is 2. The lowest BCUT2D eigenvalue weighted by molar-refractivity contribution is -0.138. The molecule has 0 spiro atoms. The SMILES string of the molecule is O=C(NCC#Cc1ccc(N2CCCCC2=O)cc1)c1ccccc1C(F)(F)F. The van der Waals surface area contributed by atoms with Gasteiger partial charge in [-0.3, -0.25) is 9.59 Å². The fourth-order valence-corrected chi connectivity index (χ4v) is 3.10. The van der Waals surface area contributed by atoms with E-state index in [4.69, 9.17) is 0 Å². The summed E-state index contributed by atoms with van der Waals surface area (Å²) in [4.78, 5) is 25.8. The molecule has 0 saturated carbocycles. The summed E-state index contributed by atoms with van der Waals surface area (Å²) >= 11 is 0. The van der Waals surface area contributed by atoms with Crippen molar-refractivity contribution < 1.29 is 22.8 Å². The van der Waals surface area contributed by atoms with Crippen molar-refractivity contribution in [2.24, 2.45) is 0 Å². The van der Waals surface area contributed by atoms with Crippen molar-refractivity contribution in [3.63, 3.8) is 0 Å². The zero-order valence-electron chi connectivity index (χ0n) is 15.6. The van der Waals surface area contributed by atoms with Gasteiger partial charge in [0.1, 0.15) is 0 Å². The smallest absolute Gasteiger partial charge is 0.341 e. The van der Waals surface area contributed by atoms with Gasteiger partial charge in [0.15, 0.2) is 0 Å². The highest BCUT2D eigenvalue weighted by Crippen LogP contribution is 2.31. The number of piperidine rings is 1. The second kappa shape index (κ2) is 8.82. The Hall–Kier alpha value is -3.27. The molecule has 2 amide bonds. The average Bonchev–Trinajstić information content (AvgIpc) is 2.71. The van der Waals surface area contributed by atoms with Crippen molar-refractivity contribution in [1.29, 1.82) is 0 Å². The Morgan fingerprint density at radius 1 is 1.07 bits per heavy atom. The van der Waals surface area contributed by atoms with E-state index in [-0.39, 0.29) is 12.5 Å². The standard InChI is InChI=1S/C22H19F3N2O2/c23-22(24,25)19-8-2-1-7-18(19)21(29)26-14-5-6-16-10-12-17(13-11-16)27-15-4-3-9-20(27)28/h1-2,7-8,10-13H,3-4,9,14-15H2,(H,26,29). The largest absolute Gasteiger partial charge is 0.417 e. The molecule has 1 fully saturated rings. The summed E-state index contributed by atoms with van der Waals surface area (Å²) in [5, 5.41) is 2.39. The van der Waals surface area contributed by atoms with Crippen LogP contribution in [0.3, 0.4) is 0 Å². The normalized spacial score (nSPS) is 14.2. The Balaban J connectivity index is 1.59. The molecule has 2 aromatic rings. The molecule has 0 aromatic heterocycles. The van der Waals surface area contributed by atoms with Crippen LogP contribution < -0.4 is 10.2 Å². The number of benzene rings is 2. The van der Waals surface area contributed by atoms with Crippen LogP contribution in [0.5, 0.6) is 0 Å². The molecule has 0 radical (unpaired) electrons. The van der Waals surface area contributed by atoms with E-state index >= 15 is 0 Å². The quantitative estimate of drug-likeness (QED) is 0.792. The minimum atomic E-state index is -4.60. The summed E-state index contributed by atoms with van der Waals surface area (Å²) < 4.78 is 38.9. The van der Waals surface area contributed by atoms with Gasteiger partial charge in [0.2, 0.25) is 5.91 Å². The van der Waals surface area contributed by atoms with Crippen LogP contribution in [-0.2, 0) is 11.0 Å². The first-order chi connectivity index (χ1) is 13.9. The Morgan fingerprint density at radius 2 is 1.79 bits per heavy atom. The molecular weight excluding hydrogens is 381 g/mol. The highest BCUT2D eigenvalue weighted by molar-refractivity contribution is 5.96. The highest BCUT2D eigenvalue weighted by atomic mass is 19.4. The molecule has 2 aromatic carbocycles. The number of anilines is 1. The lowest BCUT2D eigenvalue weighted by atomic mass is 10.1. The first-order valence-corrected chi connectivity index (χ1v) is 9.20. The molecule has 7 heteroatoms. The van der Waals surface area contributed by atoms with E-state index in [1.165, 1.54) is 12.1 Å². The molecule has 1 N–H and O–H groups in total. The number of nitrogens with one attached hydrogen (secondary N) is 1. The lowest BCUT2D eigenvalue weighted by Crippen LogP contribution is -2.35. The van der Waals surface area contributed by atoms with Crippen molar-refractivity contribution in [3.8, 4) is 11.8 Å². The van der Waals surface area contributed by atoms with Gasteiger partial charge >= 0.3 is 6.18 Å². The van der Waals surface area contributed by atoms with Crippen LogP contribution in [0.1, 0.15) is 40.7 Å². The predicted octanol–water partition coefficient (Wildman–Crippen LogP) is 4.00. The fraction of sp³-hybridized carbons (Fsp3) is 0.273. The number of alkyl halides is 3. The van der Waals surface area contributed by atoms with Crippen LogP contribution in [0.4, 0.5) is 18.9 Å². The summed E-state index contributed by atoms with van der Waals surface area (Å²) in [7, 11) is 0. The van der Waals surface area contributed by atoms with Crippen LogP contribution in [0.2, 0.25) is 0 Å². The van der Waals surface area contributed by atoms with E-state index < -0.39 is 23.2 Å². The molecule has 4 nitrogen and oxygen atoms in total. The first kappa shape index (κ1) is 20.5. The molecular formula is C22H19F3N2O2. The number of hydrogen-bond acceptors (Lipinski definition) is 2. The summed E-state index contributed by atoms with van der Waals surface area (Å²) in [6, 6.07) is 11.8. The number of carbonyl (C=O) groups excluding carboxylic acids is 2. The number of rotatable bonds is 3. The van der Waals surface area contributed by atoms with Gasteiger partial charge in [-0.25, -0.2) is 0 Å². The molecule has 1 aliphatic rings. The zero-order valence-corrected chi connectivity index (χ0v) is 15.6. The molecule has 3 rings (SSSR count). The summed E-state index contributed by atoms with van der Waals surface area (Å²) in [5.41, 5.74) is 0.0890. The van der Waals surface area contributed by atoms with E-state index in [9.17, 15) is 22.8 Å². The minimum Gasteiger partial charge on any atom is -0.341 e. The topological polar surface area (TPSA) is 49.4 Å². The van der Waals surface area contributed by atoms with Crippen molar-refractivity contribution in [1.82, 2.24) is 5.32 Å². The third kappa shape index (κ3) is 5.17. The Bertz CT molecular complexity index is 957. The summed E-state index contributed by atoms with van der Waals surface area (Å²) in [6.45, 7) is 0.618. The maximum atomic E-state index is 13.0. The third-order valence-electron chi connectivity index (χ3n) is 4.55. The van der Waals surface area contributed by atoms with Crippen LogP contribution in [0.25, 0.3) is 0 Å². The monoisotopic (exact) mass is 400 g/mol. The molecule has 0 bridgehead atoms. The van der Waals surface area contributed by atoms with Gasteiger partial charge in [-0.05, 0) is 49.2 Å². The molecule has 29 heavy (non-hydrogen) atoms. The Labute approximate surface area is 166 Å². The van der Waals surface area contributed by atoms with Crippen molar-refractivity contribution in [2.75, 3.05) is 18.0 Å². The van der Waals surface area contributed by atoms with Gasteiger partial charge in [0.05, 0.1) is 17.7 Å². The van der Waals surface area contributed by atoms with Gasteiger partial charge in [-0.2, -0.15) is 13.2 Å². The molecule has 1 heterocycles. The highest BCUT2D eigenvalue weighted by Gasteiger charge is 2.34. The van der Waals surface area contributed by atoms with E-state index in [2.05, 4.69) is 17.2 Å². The summed E-state index contributed by atoms with van der Waals surface area (Å²) in [6.07, 6.45) is -2.15. The van der Waals surface area contributed by atoms with Gasteiger partial charge in [-0.15, -0.1) is 0 Å². The van der Waals surface area contributed by atoms with Crippen LogP contribution in [-0.4, -0.2) is 24.9 Å². The maximum Gasteiger partial charge on any atom is 0.417 e. The maximum absolute atomic E-state index is 13.0. The Morgan fingerprint density at radius 3 is 2.48 bits per heavy atom. The van der Waals surface area contributed by atoms with Crippen LogP contribution >= 0.6 is 0 Å². The predicted molar refractivity (Wildman–Crippen MR) is 103 cm³/mol. The van der Waals surface area contributed by atoms with E-state index in [0.717, 1.165) is 30.7 Å². The van der Waals surface area contributed by atoms with E-state index in [0.29, 0.717) is 18.5 Å². The minimum absolute atomic E-state index is 0.0859. The number of hydrogen-bond donors (Lipinski definition) is 1. The molecule has 0 atom stereocenters. The first-order valence-electron chi connectivity index (χ1n) is 9.20. The number of halogens is 3. The molecule has 1 saturated heterocycles. The zero-order chi connectivity index (χ0) is 20.9. The summed E-state index contributed by atoms with van der Waals surface area (Å²) in [5.74, 6) is 4.85. The Kier molecular flexibility index (Phi) is 6.23. The van der Waals surface area contributed by atoms with Gasteiger partial charge in [-0.1, -0.05) is 24.0 Å². The van der Waals surface area contributed by atoms with Gasteiger partial charge in [0, 0.05) is 24.2 Å². The molecule has 1 aliphatic heterocycles. The third-order valence-corrected chi connectivity index (χ3v) is 4.55. The number of nitrogens with zero attached hydrogens (tertiary/aromatic N) is 1. The average molecular weight is 400 g/mol. The molecule has 0 aliphatic carbocycles. The van der Waals surface area contributed by atoms with Crippen LogP contribution in [0.15, 0.2) is 48.5 Å².